The molecule has 0 spiro atoms. The Kier molecular flexibility index (Phi) is 6.98. The molecule has 11 heteroatoms. The number of carbonyl (C=O) groups excluding carboxylic acids is 1. The van der Waals surface area contributed by atoms with Gasteiger partial charge in [0.05, 0.1) is 11.3 Å². The number of anilines is 2. The molecule has 0 bridgehead atoms. The molecule has 0 aliphatic carbocycles. The zero-order valence-electron chi connectivity index (χ0n) is 16.6. The van der Waals surface area contributed by atoms with Crippen LogP contribution in [0.2, 0.25) is 0 Å². The molecule has 168 valence electrons. The first-order valence-electron chi connectivity index (χ1n) is 9.32. The van der Waals surface area contributed by atoms with Gasteiger partial charge in [0.25, 0.3) is 0 Å². The Labute approximate surface area is 182 Å². The van der Waals surface area contributed by atoms with Gasteiger partial charge in [0.1, 0.15) is 0 Å². The van der Waals surface area contributed by atoms with Crippen molar-refractivity contribution in [1.29, 1.82) is 0 Å². The Morgan fingerprint density at radius 3 is 2.28 bits per heavy atom. The van der Waals surface area contributed by atoms with Crippen LogP contribution < -0.4 is 15.4 Å². The van der Waals surface area contributed by atoms with Crippen molar-refractivity contribution >= 4 is 27.4 Å². The number of pyridine rings is 1. The molecule has 2 aromatic carbocycles. The van der Waals surface area contributed by atoms with Gasteiger partial charge < -0.3 is 10.6 Å². The van der Waals surface area contributed by atoms with Gasteiger partial charge >= 0.3 is 12.2 Å². The van der Waals surface area contributed by atoms with Gasteiger partial charge in [0, 0.05) is 30.3 Å². The Bertz CT molecular complexity index is 1170. The highest BCUT2D eigenvalue weighted by atomic mass is 32.2. The Hall–Kier alpha value is -3.60. The highest BCUT2D eigenvalue weighted by molar-refractivity contribution is 7.91. The molecule has 3 N–H and O–H groups in total. The van der Waals surface area contributed by atoms with E-state index < -0.39 is 33.5 Å². The minimum atomic E-state index is -4.66. The van der Waals surface area contributed by atoms with Crippen LogP contribution in [0.3, 0.4) is 0 Å². The maximum atomic E-state index is 13.1. The summed E-state index contributed by atoms with van der Waals surface area (Å²) in [7, 11) is -4.10. The molecule has 2 amide bonds. The normalized spacial score (nSPS) is 11.6. The van der Waals surface area contributed by atoms with Crippen LogP contribution in [0.4, 0.5) is 29.3 Å². The van der Waals surface area contributed by atoms with E-state index >= 15 is 0 Å². The minimum absolute atomic E-state index is 0.149. The number of halogens is 3. The zero-order chi connectivity index (χ0) is 23.2. The highest BCUT2D eigenvalue weighted by Crippen LogP contribution is 2.32. The third-order valence-corrected chi connectivity index (χ3v) is 5.50. The summed E-state index contributed by atoms with van der Waals surface area (Å²) < 4.78 is 66.3. The molecule has 7 nitrogen and oxygen atoms in total. The molecular formula is C21H19F3N4O3S. The van der Waals surface area contributed by atoms with E-state index in [1.807, 2.05) is 0 Å². The van der Waals surface area contributed by atoms with Gasteiger partial charge in [-0.3, -0.25) is 9.71 Å². The maximum absolute atomic E-state index is 13.1. The van der Waals surface area contributed by atoms with E-state index in [4.69, 9.17) is 0 Å². The number of urea groups is 1. The first-order chi connectivity index (χ1) is 15.1. The third-order valence-electron chi connectivity index (χ3n) is 4.26. The van der Waals surface area contributed by atoms with Crippen LogP contribution in [0.15, 0.2) is 73.1 Å². The lowest BCUT2D eigenvalue weighted by molar-refractivity contribution is -0.138. The van der Waals surface area contributed by atoms with Crippen molar-refractivity contribution in [3.05, 3.63) is 89.7 Å². The van der Waals surface area contributed by atoms with Crippen molar-refractivity contribution in [2.24, 2.45) is 0 Å². The summed E-state index contributed by atoms with van der Waals surface area (Å²) in [6.07, 6.45) is -1.42. The number of alkyl halides is 3. The molecule has 3 aromatic rings. The van der Waals surface area contributed by atoms with E-state index in [9.17, 15) is 26.4 Å². The largest absolute Gasteiger partial charge is 0.416 e. The smallest absolute Gasteiger partial charge is 0.334 e. The van der Waals surface area contributed by atoms with Gasteiger partial charge in [-0.05, 0) is 47.5 Å². The summed E-state index contributed by atoms with van der Waals surface area (Å²) in [5, 5.41) is 5.25. The molecule has 0 aliphatic heterocycles. The number of nitrogens with one attached hydrogen (secondary N) is 3. The molecule has 1 aromatic heterocycles. The second kappa shape index (κ2) is 9.69. The lowest BCUT2D eigenvalue weighted by Crippen LogP contribution is -2.28. The van der Waals surface area contributed by atoms with Crippen molar-refractivity contribution in [2.45, 2.75) is 18.5 Å². The summed E-state index contributed by atoms with van der Waals surface area (Å²) in [4.78, 5) is 15.9. The lowest BCUT2D eigenvalue weighted by atomic mass is 10.1. The number of hydrogen-bond donors (Lipinski definition) is 3. The first kappa shape index (κ1) is 23.1. The minimum Gasteiger partial charge on any atom is -0.334 e. The molecule has 0 fully saturated rings. The number of amides is 2. The van der Waals surface area contributed by atoms with Gasteiger partial charge in [-0.25, -0.2) is 13.2 Å². The first-order valence-corrected chi connectivity index (χ1v) is 11.0. The second-order valence-electron chi connectivity index (χ2n) is 6.76. The lowest BCUT2D eigenvalue weighted by Gasteiger charge is -2.14. The predicted molar refractivity (Wildman–Crippen MR) is 114 cm³/mol. The maximum Gasteiger partial charge on any atom is 0.416 e. The van der Waals surface area contributed by atoms with Crippen molar-refractivity contribution in [3.63, 3.8) is 0 Å². The number of carbonyl (C=O) groups is 1. The molecule has 32 heavy (non-hydrogen) atoms. The average molecular weight is 464 g/mol. The fourth-order valence-electron chi connectivity index (χ4n) is 2.83. The molecular weight excluding hydrogens is 445 g/mol. The van der Waals surface area contributed by atoms with E-state index in [1.54, 1.807) is 24.5 Å². The predicted octanol–water partition coefficient (Wildman–Crippen LogP) is 4.36. The van der Waals surface area contributed by atoms with Crippen molar-refractivity contribution in [3.8, 4) is 0 Å². The van der Waals surface area contributed by atoms with E-state index in [2.05, 4.69) is 20.3 Å². The van der Waals surface area contributed by atoms with E-state index in [0.717, 1.165) is 17.7 Å². The van der Waals surface area contributed by atoms with Gasteiger partial charge in [-0.15, -0.1) is 0 Å². The SMILES string of the molecule is O=C(NCc1cccnc1)Nc1ccc(NS(=O)(=O)Cc2ccccc2C(F)(F)F)cc1. The molecule has 0 radical (unpaired) electrons. The standard InChI is InChI=1S/C21H19F3N4O3S/c22-21(23,24)19-6-2-1-5-16(19)14-32(30,31)28-18-9-7-17(8-10-18)27-20(29)26-13-15-4-3-11-25-12-15/h1-12,28H,13-14H2,(H2,26,27,29). The number of sulfonamides is 1. The number of benzene rings is 2. The molecule has 0 atom stereocenters. The summed E-state index contributed by atoms with van der Waals surface area (Å²) in [5.41, 5.74) is 0.0210. The average Bonchev–Trinajstić information content (AvgIpc) is 2.73. The van der Waals surface area contributed by atoms with Crippen LogP contribution >= 0.6 is 0 Å². The van der Waals surface area contributed by atoms with Crippen LogP contribution in [0.25, 0.3) is 0 Å². The van der Waals surface area contributed by atoms with Crippen LogP contribution in [-0.2, 0) is 28.5 Å². The Morgan fingerprint density at radius 2 is 1.62 bits per heavy atom. The monoisotopic (exact) mass is 464 g/mol. The van der Waals surface area contributed by atoms with E-state index in [0.29, 0.717) is 5.69 Å². The third kappa shape index (κ3) is 6.71. The van der Waals surface area contributed by atoms with Crippen LogP contribution in [0.5, 0.6) is 0 Å². The number of hydrogen-bond acceptors (Lipinski definition) is 4. The fourth-order valence-corrected chi connectivity index (χ4v) is 4.05. The highest BCUT2D eigenvalue weighted by Gasteiger charge is 2.34. The van der Waals surface area contributed by atoms with Crippen LogP contribution in [-0.4, -0.2) is 19.4 Å². The number of rotatable bonds is 7. The quantitative estimate of drug-likeness (QED) is 0.484. The Morgan fingerprint density at radius 1 is 0.938 bits per heavy atom. The summed E-state index contributed by atoms with van der Waals surface area (Å²) in [6, 6.07) is 13.3. The van der Waals surface area contributed by atoms with Gasteiger partial charge in [-0.1, -0.05) is 24.3 Å². The van der Waals surface area contributed by atoms with Crippen molar-refractivity contribution in [2.75, 3.05) is 10.0 Å². The topological polar surface area (TPSA) is 100 Å². The molecule has 0 saturated heterocycles. The molecule has 3 rings (SSSR count). The Balaban J connectivity index is 1.58. The van der Waals surface area contributed by atoms with Crippen molar-refractivity contribution < 1.29 is 26.4 Å². The van der Waals surface area contributed by atoms with Crippen molar-refractivity contribution in [1.82, 2.24) is 10.3 Å². The molecule has 0 aliphatic rings. The van der Waals surface area contributed by atoms with Gasteiger partial charge in [-0.2, -0.15) is 13.2 Å². The summed E-state index contributed by atoms with van der Waals surface area (Å²) in [5.74, 6) is -0.834. The molecule has 1 heterocycles. The van der Waals surface area contributed by atoms with Gasteiger partial charge in [0.2, 0.25) is 10.0 Å². The zero-order valence-corrected chi connectivity index (χ0v) is 17.4. The fraction of sp³-hybridized carbons (Fsp3) is 0.143. The van der Waals surface area contributed by atoms with Crippen LogP contribution in [0.1, 0.15) is 16.7 Å². The van der Waals surface area contributed by atoms with E-state index in [-0.39, 0.29) is 17.8 Å². The second-order valence-corrected chi connectivity index (χ2v) is 8.48. The summed E-state index contributed by atoms with van der Waals surface area (Å²) >= 11 is 0. The number of nitrogens with zero attached hydrogens (tertiary/aromatic N) is 1. The number of aromatic nitrogens is 1. The van der Waals surface area contributed by atoms with Crippen LogP contribution in [0, 0.1) is 0 Å². The molecule has 0 saturated carbocycles. The van der Waals surface area contributed by atoms with E-state index in [1.165, 1.54) is 36.4 Å². The summed E-state index contributed by atoms with van der Waals surface area (Å²) in [6.45, 7) is 0.275. The molecule has 0 unspecified atom stereocenters. The van der Waals surface area contributed by atoms with Gasteiger partial charge in [0.15, 0.2) is 0 Å².